The van der Waals surface area contributed by atoms with Crippen LogP contribution in [0.5, 0.6) is 0 Å². The first-order chi connectivity index (χ1) is 8.16. The van der Waals surface area contributed by atoms with Gasteiger partial charge in [-0.25, -0.2) is 9.18 Å². The number of carboxylic acid groups (broad SMARTS) is 1. The summed E-state index contributed by atoms with van der Waals surface area (Å²) in [6.07, 6.45) is 4.97. The van der Waals surface area contributed by atoms with Crippen LogP contribution in [-0.4, -0.2) is 16.3 Å². The monoisotopic (exact) mass is 254 g/mol. The fourth-order valence-electron chi connectivity index (χ4n) is 2.14. The zero-order valence-corrected chi connectivity index (χ0v) is 10.3. The average molecular weight is 254 g/mol. The van der Waals surface area contributed by atoms with Gasteiger partial charge in [0.05, 0.1) is 5.56 Å². The lowest BCUT2D eigenvalue weighted by molar-refractivity contribution is 0.0695. The summed E-state index contributed by atoms with van der Waals surface area (Å²) >= 11 is 1.79. The minimum absolute atomic E-state index is 0.0931. The van der Waals surface area contributed by atoms with Gasteiger partial charge in [-0.3, -0.25) is 0 Å². The highest BCUT2D eigenvalue weighted by molar-refractivity contribution is 7.99. The highest BCUT2D eigenvalue weighted by atomic mass is 32.2. The topological polar surface area (TPSA) is 37.3 Å². The minimum atomic E-state index is -1.05. The van der Waals surface area contributed by atoms with Crippen molar-refractivity contribution in [2.24, 2.45) is 0 Å². The lowest BCUT2D eigenvalue weighted by atomic mass is 10.1. The van der Waals surface area contributed by atoms with Crippen LogP contribution in [0.25, 0.3) is 0 Å². The molecule has 0 bridgehead atoms. The highest BCUT2D eigenvalue weighted by Crippen LogP contribution is 2.32. The van der Waals surface area contributed by atoms with Gasteiger partial charge in [0.2, 0.25) is 0 Å². The van der Waals surface area contributed by atoms with Gasteiger partial charge in [-0.15, -0.1) is 0 Å². The van der Waals surface area contributed by atoms with Gasteiger partial charge in [-0.1, -0.05) is 18.9 Å². The molecule has 0 heterocycles. The molecule has 1 fully saturated rings. The number of carboxylic acids is 1. The van der Waals surface area contributed by atoms with Crippen molar-refractivity contribution >= 4 is 17.7 Å². The third-order valence-corrected chi connectivity index (χ3v) is 4.50. The van der Waals surface area contributed by atoms with E-state index in [0.717, 1.165) is 11.6 Å². The van der Waals surface area contributed by atoms with Gasteiger partial charge in [-0.05, 0) is 30.5 Å². The first-order valence-electron chi connectivity index (χ1n) is 5.80. The molecule has 92 valence electrons. The highest BCUT2D eigenvalue weighted by Gasteiger charge is 2.17. The third kappa shape index (κ3) is 3.22. The van der Waals surface area contributed by atoms with Crippen LogP contribution in [0.15, 0.2) is 18.2 Å². The van der Waals surface area contributed by atoms with E-state index < -0.39 is 11.8 Å². The van der Waals surface area contributed by atoms with Crippen molar-refractivity contribution in [2.75, 3.05) is 0 Å². The SMILES string of the molecule is O=C(O)c1cc(F)ccc1CSC1CCCC1. The molecule has 0 atom stereocenters. The summed E-state index contributed by atoms with van der Waals surface area (Å²) in [5.41, 5.74) is 0.811. The Morgan fingerprint density at radius 1 is 1.41 bits per heavy atom. The summed E-state index contributed by atoms with van der Waals surface area (Å²) in [5, 5.41) is 9.65. The van der Waals surface area contributed by atoms with Crippen molar-refractivity contribution in [3.05, 3.63) is 35.1 Å². The molecule has 0 spiro atoms. The molecule has 1 N–H and O–H groups in total. The van der Waals surface area contributed by atoms with Gasteiger partial charge in [0.15, 0.2) is 0 Å². The molecule has 0 unspecified atom stereocenters. The lowest BCUT2D eigenvalue weighted by Gasteiger charge is -2.10. The summed E-state index contributed by atoms with van der Waals surface area (Å²) in [7, 11) is 0. The maximum Gasteiger partial charge on any atom is 0.336 e. The summed E-state index contributed by atoms with van der Waals surface area (Å²) in [6, 6.07) is 4.02. The zero-order chi connectivity index (χ0) is 12.3. The summed E-state index contributed by atoms with van der Waals surface area (Å²) in [6.45, 7) is 0. The smallest absolute Gasteiger partial charge is 0.336 e. The molecule has 1 aliphatic carbocycles. The number of rotatable bonds is 4. The summed E-state index contributed by atoms with van der Waals surface area (Å²) < 4.78 is 13.0. The van der Waals surface area contributed by atoms with Crippen LogP contribution in [0.4, 0.5) is 4.39 Å². The first-order valence-corrected chi connectivity index (χ1v) is 6.85. The number of benzene rings is 1. The van der Waals surface area contributed by atoms with Crippen LogP contribution >= 0.6 is 11.8 Å². The lowest BCUT2D eigenvalue weighted by Crippen LogP contribution is -2.04. The summed E-state index contributed by atoms with van der Waals surface area (Å²) in [5.74, 6) is -0.879. The molecule has 0 amide bonds. The largest absolute Gasteiger partial charge is 0.478 e. The van der Waals surface area contributed by atoms with Crippen LogP contribution in [0.2, 0.25) is 0 Å². The maximum atomic E-state index is 13.0. The van der Waals surface area contributed by atoms with E-state index in [2.05, 4.69) is 0 Å². The Morgan fingerprint density at radius 2 is 2.12 bits per heavy atom. The van der Waals surface area contributed by atoms with Crippen molar-refractivity contribution in [3.8, 4) is 0 Å². The van der Waals surface area contributed by atoms with Gasteiger partial charge in [0.1, 0.15) is 5.82 Å². The number of hydrogen-bond acceptors (Lipinski definition) is 2. The maximum absolute atomic E-state index is 13.0. The molecular weight excluding hydrogens is 239 g/mol. The Kier molecular flexibility index (Phi) is 4.05. The molecule has 1 aromatic rings. The van der Waals surface area contributed by atoms with Gasteiger partial charge >= 0.3 is 5.97 Å². The molecule has 0 aliphatic heterocycles. The normalized spacial score (nSPS) is 16.3. The second-order valence-corrected chi connectivity index (χ2v) is 5.61. The number of halogens is 1. The second-order valence-electron chi connectivity index (χ2n) is 4.32. The van der Waals surface area contributed by atoms with E-state index in [0.29, 0.717) is 11.0 Å². The van der Waals surface area contributed by atoms with Gasteiger partial charge in [0, 0.05) is 11.0 Å². The van der Waals surface area contributed by atoms with Crippen molar-refractivity contribution in [1.29, 1.82) is 0 Å². The van der Waals surface area contributed by atoms with E-state index in [1.54, 1.807) is 17.8 Å². The third-order valence-electron chi connectivity index (χ3n) is 3.08. The van der Waals surface area contributed by atoms with Crippen LogP contribution < -0.4 is 0 Å². The Hall–Kier alpha value is -1.03. The van der Waals surface area contributed by atoms with Crippen molar-refractivity contribution in [3.63, 3.8) is 0 Å². The van der Waals surface area contributed by atoms with E-state index >= 15 is 0 Å². The fourth-order valence-corrected chi connectivity index (χ4v) is 3.47. The predicted molar refractivity (Wildman–Crippen MR) is 66.9 cm³/mol. The van der Waals surface area contributed by atoms with Crippen molar-refractivity contribution in [2.45, 2.75) is 36.7 Å². The fraction of sp³-hybridized carbons (Fsp3) is 0.462. The van der Waals surface area contributed by atoms with Crippen LogP contribution in [0.1, 0.15) is 41.6 Å². The second kappa shape index (κ2) is 5.54. The molecule has 1 saturated carbocycles. The van der Waals surface area contributed by atoms with Gasteiger partial charge in [-0.2, -0.15) is 11.8 Å². The van der Waals surface area contributed by atoms with Crippen molar-refractivity contribution in [1.82, 2.24) is 0 Å². The Bertz CT molecular complexity index is 414. The molecule has 1 aliphatic rings. The molecule has 0 saturated heterocycles. The van der Waals surface area contributed by atoms with E-state index in [1.807, 2.05) is 0 Å². The van der Waals surface area contributed by atoms with Crippen LogP contribution in [-0.2, 0) is 5.75 Å². The molecule has 2 nitrogen and oxygen atoms in total. The quantitative estimate of drug-likeness (QED) is 0.890. The van der Waals surface area contributed by atoms with Gasteiger partial charge < -0.3 is 5.11 Å². The first kappa shape index (κ1) is 12.4. The Labute approximate surface area is 104 Å². The molecule has 0 radical (unpaired) electrons. The standard InChI is InChI=1S/C13H15FO2S/c14-10-6-5-9(12(7-10)13(15)16)8-17-11-3-1-2-4-11/h5-7,11H,1-4,8H2,(H,15,16). The van der Waals surface area contributed by atoms with E-state index in [4.69, 9.17) is 5.11 Å². The predicted octanol–water partition coefficient (Wildman–Crippen LogP) is 3.70. The molecule has 17 heavy (non-hydrogen) atoms. The van der Waals surface area contributed by atoms with Crippen molar-refractivity contribution < 1.29 is 14.3 Å². The van der Waals surface area contributed by atoms with Crippen LogP contribution in [0.3, 0.4) is 0 Å². The molecular formula is C13H15FO2S. The minimum Gasteiger partial charge on any atom is -0.478 e. The Morgan fingerprint density at radius 3 is 2.76 bits per heavy atom. The zero-order valence-electron chi connectivity index (χ0n) is 9.49. The Balaban J connectivity index is 2.06. The molecule has 1 aromatic carbocycles. The molecule has 2 rings (SSSR count). The number of hydrogen-bond donors (Lipinski definition) is 1. The number of aromatic carboxylic acids is 1. The van der Waals surface area contributed by atoms with Gasteiger partial charge in [0.25, 0.3) is 0 Å². The van der Waals surface area contributed by atoms with E-state index in [1.165, 1.54) is 31.7 Å². The summed E-state index contributed by atoms with van der Waals surface area (Å²) in [4.78, 5) is 11.0. The molecule has 0 aromatic heterocycles. The molecule has 4 heteroatoms. The number of carbonyl (C=O) groups is 1. The number of thioether (sulfide) groups is 1. The van der Waals surface area contributed by atoms with E-state index in [9.17, 15) is 9.18 Å². The van der Waals surface area contributed by atoms with Crippen LogP contribution in [0, 0.1) is 5.82 Å². The average Bonchev–Trinajstić information content (AvgIpc) is 2.80. The van der Waals surface area contributed by atoms with E-state index in [-0.39, 0.29) is 5.56 Å².